The fourth-order valence-corrected chi connectivity index (χ4v) is 18.4. The minimum Gasteiger partial charge on any atom is -0.813 e. The first kappa shape index (κ1) is 103. The number of rotatable bonds is 16. The van der Waals surface area contributed by atoms with E-state index in [1.54, 1.807) is 91.6 Å². The van der Waals surface area contributed by atoms with Crippen LogP contribution in [0.2, 0.25) is 5.02 Å². The average molecular weight is 1940 g/mol. The molecule has 12 aromatic rings. The maximum absolute atomic E-state index is 12.6. The van der Waals surface area contributed by atoms with Gasteiger partial charge in [0.05, 0.1) is 100 Å². The van der Waals surface area contributed by atoms with Gasteiger partial charge in [0.1, 0.15) is 11.2 Å². The van der Waals surface area contributed by atoms with Gasteiger partial charge in [0.15, 0.2) is 11.3 Å². The number of carbonyl (C=O) groups is 3. The SMILES string of the molecule is C[C@@H]1OCC2(CCN(c3nc[c-]c4nccn34)CC2)[C@@H]1NC(=O)OC(C)(C)C.C[C@@H]1OCC2(CCN(c3ncc(Sc4ccnc5cnccc45)c4nccn34)CC2)[C@@H]1N.C[C@@H]1OCC2(CCN(c3ncc(Sc4ccnc5cnccc45)c4nccn34)CC2)[C@@H]1NC(=O)OC(C)(C)C.Clc1ccnc2cnccc12.N=N/N=N/N=N/N=N/N=N/N=N/N=N/N=N/N.O=CC(F)(F)F.[Na+].[SH-]. The second kappa shape index (κ2) is 47.3. The monoisotopic (exact) mass is 1940 g/mol. The van der Waals surface area contributed by atoms with Crippen LogP contribution in [0.3, 0.4) is 0 Å². The Labute approximate surface area is 812 Å². The Bertz CT molecular complexity index is 6210. The number of aldehydes is 1. The van der Waals surface area contributed by atoms with Gasteiger partial charge in [-0.25, -0.2) is 29.5 Å². The number of imidazole rings is 3. The number of thiol groups is 1. The molecule has 7 N–H and O–H groups in total. The van der Waals surface area contributed by atoms with Gasteiger partial charge in [0, 0.05) is 174 Å². The molecule has 46 nitrogen and oxygen atoms in total. The minimum absolute atomic E-state index is 0. The third-order valence-electron chi connectivity index (χ3n) is 22.5. The summed E-state index contributed by atoms with van der Waals surface area (Å²) < 4.78 is 66.3. The van der Waals surface area contributed by atoms with E-state index in [2.05, 4.69) is 181 Å². The number of anilines is 3. The van der Waals surface area contributed by atoms with E-state index in [-0.39, 0.29) is 108 Å². The van der Waals surface area contributed by atoms with Crippen LogP contribution in [0.5, 0.6) is 0 Å². The van der Waals surface area contributed by atoms with Gasteiger partial charge in [-0.3, -0.25) is 53.5 Å². The molecule has 6 aliphatic rings. The number of alkyl halides is 3. The zero-order valence-corrected chi connectivity index (χ0v) is 80.2. The Kier molecular flexibility index (Phi) is 36.1. The number of nitrogens with two attached hydrogens (primary N) is 2. The molecule has 3 spiro atoms. The van der Waals surface area contributed by atoms with Gasteiger partial charge in [-0.1, -0.05) is 40.3 Å². The molecule has 706 valence electrons. The maximum Gasteiger partial charge on any atom is 1.00 e. The molecule has 2 amide bonds. The number of pyridine rings is 6. The van der Waals surface area contributed by atoms with Crippen LogP contribution in [0.15, 0.2) is 246 Å². The van der Waals surface area contributed by atoms with Crippen molar-refractivity contribution in [2.75, 3.05) is 73.8 Å². The summed E-state index contributed by atoms with van der Waals surface area (Å²) in [7, 11) is 0. The third kappa shape index (κ3) is 26.7. The van der Waals surface area contributed by atoms with Gasteiger partial charge in [0.25, 0.3) is 0 Å². The topological polar surface area (TPSA) is 560 Å². The van der Waals surface area contributed by atoms with Crippen molar-refractivity contribution in [1.82, 2.24) is 83.6 Å². The second-order valence-corrected chi connectivity index (χ2v) is 35.7. The maximum atomic E-state index is 12.6. The van der Waals surface area contributed by atoms with Crippen LogP contribution in [-0.2, 0) is 42.0 Å². The van der Waals surface area contributed by atoms with Gasteiger partial charge in [-0.2, -0.15) is 18.7 Å². The number of amides is 2. The van der Waals surface area contributed by atoms with Crippen molar-refractivity contribution < 1.29 is 80.8 Å². The molecule has 18 rings (SSSR count). The number of aromatic nitrogens is 15. The summed E-state index contributed by atoms with van der Waals surface area (Å²) in [5, 5.41) is 53.2. The van der Waals surface area contributed by atoms with Crippen LogP contribution in [0.4, 0.5) is 40.6 Å². The van der Waals surface area contributed by atoms with Crippen molar-refractivity contribution in [2.45, 2.75) is 174 Å². The Morgan fingerprint density at radius 2 is 0.874 bits per heavy atom. The van der Waals surface area contributed by atoms with Gasteiger partial charge in [-0.05, 0) is 216 Å². The summed E-state index contributed by atoms with van der Waals surface area (Å²) >= 11 is 9.18. The molecule has 0 unspecified atom stereocenters. The molecule has 18 heterocycles. The third-order valence-corrected chi connectivity index (χ3v) is 25.0. The van der Waals surface area contributed by atoms with Crippen LogP contribution >= 0.6 is 35.1 Å². The van der Waals surface area contributed by atoms with E-state index >= 15 is 0 Å². The van der Waals surface area contributed by atoms with E-state index in [0.29, 0.717) is 13.2 Å². The molecule has 6 atom stereocenters. The number of hydrogen-bond donors (Lipinski definition) is 5. The largest absolute Gasteiger partial charge is 1.00 e. The van der Waals surface area contributed by atoms with Crippen LogP contribution in [0.25, 0.3) is 49.7 Å². The molecular weight excluding hydrogens is 1840 g/mol. The summed E-state index contributed by atoms with van der Waals surface area (Å²) in [4.78, 5) is 97.9. The van der Waals surface area contributed by atoms with Crippen molar-refractivity contribution >= 4 is 135 Å². The van der Waals surface area contributed by atoms with E-state index in [9.17, 15) is 22.8 Å². The minimum atomic E-state index is -4.64. The van der Waals surface area contributed by atoms with E-state index in [1.165, 1.54) is 0 Å². The number of fused-ring (bicyclic) bond motifs is 6. The fourth-order valence-electron chi connectivity index (χ4n) is 16.2. The van der Waals surface area contributed by atoms with Crippen LogP contribution in [0.1, 0.15) is 101 Å². The van der Waals surface area contributed by atoms with Crippen molar-refractivity contribution in [3.05, 3.63) is 159 Å². The second-order valence-electron chi connectivity index (χ2n) is 33.1. The van der Waals surface area contributed by atoms with E-state index < -0.39 is 23.7 Å². The van der Waals surface area contributed by atoms with Crippen molar-refractivity contribution in [1.29, 1.82) is 5.53 Å². The molecular formula is C81H96ClF3N38NaO8S3-. The summed E-state index contributed by atoms with van der Waals surface area (Å²) in [6.45, 7) is 24.5. The molecule has 6 fully saturated rings. The number of halogens is 4. The number of hydrogen-bond acceptors (Lipinski definition) is 29. The summed E-state index contributed by atoms with van der Waals surface area (Å²) in [5.74, 6) is 7.26. The summed E-state index contributed by atoms with van der Waals surface area (Å²) in [6.07, 6.45) is 31.8. The standard InChI is InChI=1S/C28H33N7O3S.C23H25N7OS.C20H28N5O3.C8H5ClN2.C2HF3O.H3N17.Na.H2S/c1-18-23(33-26(36)38-27(2,3)4)28(17-37-18)7-12-34(13-8-28)25-32-16-22(24-31-11-14-35(24)25)39-21-6-10-30-20-15-29-9-5-19(20)21;1-15-20(24)23(14-31-15)4-9-29(10-5-23)22-28-13-19(21-27-8-11-30(21)22)32-18-3-7-26-17-12-25-6-2-16(17)18;1-14-16(23-18(26)28-19(2,3)4)20(13-27-14)6-10-24(11-7-20)17-22-8-5-15-21-9-12-25(15)17;9-7-2-4-11-8-5-10-3-1-6(7)8;3-2(4,5)1-6;1-3-5-7-9-11-13-15-17-16-14-12-10-8-6-4-2;;/h5-6,9-11,14-16,18,23H,7-8,12-13,17H2,1-4H3,(H,33,36);2-3,6-8,11-13,15,20H,4-5,9-10,14,24H2,1H3;8-9,12,14,16H,6-7,10-11,13H2,1-4H3,(H,23,26);1-5H;1H;(H3,1,2,5,6,9,10,13,14,17);;1H2/q;;-1;;;;+1;/p-1/t18-,23+;15-,20+;14-,16+;;;;;/m000...../s1. The first-order chi connectivity index (χ1) is 64.0. The number of nitrogens with one attached hydrogen (secondary N) is 3. The van der Waals surface area contributed by atoms with Crippen molar-refractivity contribution in [2.24, 2.45) is 106 Å². The number of alkyl carbamates (subject to hydrolysis) is 2. The molecule has 6 saturated heterocycles. The van der Waals surface area contributed by atoms with Gasteiger partial charge >= 0.3 is 47.9 Å². The molecule has 12 aromatic heterocycles. The van der Waals surface area contributed by atoms with Crippen LogP contribution < -0.4 is 66.5 Å². The summed E-state index contributed by atoms with van der Waals surface area (Å²) in [6, 6.07) is 14.6. The molecule has 0 saturated carbocycles. The number of carbonyl (C=O) groups excluding carboxylic acids is 3. The molecule has 135 heavy (non-hydrogen) atoms. The quantitative estimate of drug-likeness (QED) is 0.00876. The average Bonchev–Trinajstić information content (AvgIpc) is 1.64. The Balaban J connectivity index is 0.000000167. The van der Waals surface area contributed by atoms with Gasteiger partial charge < -0.3 is 84.6 Å². The van der Waals surface area contributed by atoms with Crippen molar-refractivity contribution in [3.8, 4) is 0 Å². The molecule has 0 aromatic carbocycles. The molecule has 54 heteroatoms. The number of nitrogens with zero attached hydrogens (tertiary/aromatic N) is 33. The first-order valence-corrected chi connectivity index (χ1v) is 43.7. The summed E-state index contributed by atoms with van der Waals surface area (Å²) in [5.41, 5.74) is 16.6. The smallest absolute Gasteiger partial charge is 0.813 e. The predicted octanol–water partition coefficient (Wildman–Crippen LogP) is 12.5. The zero-order valence-electron chi connectivity index (χ0n) is 75.0. The van der Waals surface area contributed by atoms with Gasteiger partial charge in [0.2, 0.25) is 24.1 Å². The van der Waals surface area contributed by atoms with Gasteiger partial charge in [-0.15, -0.1) is 6.20 Å². The Hall–Kier alpha value is -12.3. The van der Waals surface area contributed by atoms with E-state index in [4.69, 9.17) is 61.3 Å². The molecule has 0 aliphatic carbocycles. The Morgan fingerprint density at radius 1 is 0.504 bits per heavy atom. The zero-order chi connectivity index (χ0) is 94.3. The number of ether oxygens (including phenoxy) is 5. The van der Waals surface area contributed by atoms with E-state index in [1.807, 2.05) is 140 Å². The normalized spacial score (nSPS) is 19.7. The van der Waals surface area contributed by atoms with Crippen LogP contribution in [0, 0.1) is 27.8 Å². The first-order valence-electron chi connectivity index (χ1n) is 41.7. The number of piperidine rings is 3. The molecule has 6 aliphatic heterocycles. The Morgan fingerprint density at radius 3 is 1.27 bits per heavy atom. The van der Waals surface area contributed by atoms with E-state index in [0.717, 1.165) is 177 Å². The fraction of sp³-hybridized carbons (Fsp3) is 0.444. The van der Waals surface area contributed by atoms with Crippen LogP contribution in [-0.4, -0.2) is 204 Å². The van der Waals surface area contributed by atoms with Crippen molar-refractivity contribution in [3.63, 3.8) is 0 Å². The molecule has 0 radical (unpaired) electrons. The molecule has 0 bridgehead atoms. The predicted molar refractivity (Wildman–Crippen MR) is 486 cm³/mol.